The maximum atomic E-state index is 12.9. The minimum Gasteiger partial charge on any atom is -0.497 e. The molecule has 4 rings (SSSR count). The van der Waals surface area contributed by atoms with E-state index in [1.807, 2.05) is 24.3 Å². The third-order valence-electron chi connectivity index (χ3n) is 6.26. The van der Waals surface area contributed by atoms with E-state index in [1.165, 1.54) is 18.3 Å². The molecule has 3 aromatic rings. The van der Waals surface area contributed by atoms with Gasteiger partial charge in [-0.2, -0.15) is 13.2 Å². The van der Waals surface area contributed by atoms with Crippen LogP contribution in [0.3, 0.4) is 0 Å². The second-order valence-electron chi connectivity index (χ2n) is 8.73. The van der Waals surface area contributed by atoms with Crippen molar-refractivity contribution in [3.63, 3.8) is 0 Å². The monoisotopic (exact) mass is 514 g/mol. The molecule has 0 spiro atoms. The molecule has 1 saturated heterocycles. The van der Waals surface area contributed by atoms with Crippen LogP contribution in [-0.2, 0) is 12.7 Å². The van der Waals surface area contributed by atoms with Crippen LogP contribution >= 0.6 is 0 Å². The predicted octanol–water partition coefficient (Wildman–Crippen LogP) is 5.08. The quantitative estimate of drug-likeness (QED) is 0.474. The fourth-order valence-corrected chi connectivity index (χ4v) is 4.27. The molecule has 0 unspecified atom stereocenters. The Morgan fingerprint density at radius 1 is 1.00 bits per heavy atom. The highest BCUT2D eigenvalue weighted by Gasteiger charge is 2.31. The number of ether oxygens (including phenoxy) is 2. The summed E-state index contributed by atoms with van der Waals surface area (Å²) in [5.41, 5.74) is 0.569. The fourth-order valence-electron chi connectivity index (χ4n) is 4.27. The second kappa shape index (κ2) is 11.5. The van der Waals surface area contributed by atoms with Crippen LogP contribution in [0.15, 0.2) is 60.8 Å². The molecule has 196 valence electrons. The third kappa shape index (κ3) is 6.71. The van der Waals surface area contributed by atoms with Crippen LogP contribution in [0.2, 0.25) is 0 Å². The molecule has 1 aromatic heterocycles. The first-order chi connectivity index (χ1) is 17.8. The van der Waals surface area contributed by atoms with Gasteiger partial charge in [0.25, 0.3) is 5.91 Å². The van der Waals surface area contributed by atoms with Crippen molar-refractivity contribution in [2.24, 2.45) is 0 Å². The molecule has 7 nitrogen and oxygen atoms in total. The molecule has 10 heteroatoms. The zero-order valence-electron chi connectivity index (χ0n) is 20.7. The molecule has 0 bridgehead atoms. The smallest absolute Gasteiger partial charge is 0.416 e. The van der Waals surface area contributed by atoms with Crippen LogP contribution in [0, 0.1) is 0 Å². The van der Waals surface area contributed by atoms with Crippen molar-refractivity contribution in [2.45, 2.75) is 19.1 Å². The third-order valence-corrected chi connectivity index (χ3v) is 6.26. The minimum absolute atomic E-state index is 0.0694. The first-order valence-corrected chi connectivity index (χ1v) is 11.9. The summed E-state index contributed by atoms with van der Waals surface area (Å²) >= 11 is 0. The van der Waals surface area contributed by atoms with E-state index < -0.39 is 17.6 Å². The number of amides is 1. The molecule has 2 aromatic carbocycles. The van der Waals surface area contributed by atoms with E-state index >= 15 is 0 Å². The van der Waals surface area contributed by atoms with Gasteiger partial charge in [0.05, 0.1) is 31.7 Å². The Morgan fingerprint density at radius 2 is 1.84 bits per heavy atom. The van der Waals surface area contributed by atoms with Crippen LogP contribution in [0.4, 0.5) is 24.7 Å². The Bertz CT molecular complexity index is 1220. The zero-order valence-corrected chi connectivity index (χ0v) is 20.7. The van der Waals surface area contributed by atoms with Gasteiger partial charge in [-0.05, 0) is 42.8 Å². The number of anilines is 2. The normalized spacial score (nSPS) is 14.7. The summed E-state index contributed by atoms with van der Waals surface area (Å²) in [5.74, 6) is 1.70. The SMILES string of the molecule is COc1ccc(CN2CCCN(c3ccc(NC(=O)c4cccc(C(F)(F)F)c4)cn3)CC2)c(OC)c1. The number of carbonyl (C=O) groups excluding carboxylic acids is 1. The molecule has 0 atom stereocenters. The number of hydrogen-bond donors (Lipinski definition) is 1. The number of nitrogens with one attached hydrogen (secondary N) is 1. The number of benzene rings is 2. The topological polar surface area (TPSA) is 66.9 Å². The van der Waals surface area contributed by atoms with Gasteiger partial charge in [0.1, 0.15) is 17.3 Å². The number of aromatic nitrogens is 1. The van der Waals surface area contributed by atoms with Crippen molar-refractivity contribution >= 4 is 17.4 Å². The summed E-state index contributed by atoms with van der Waals surface area (Å²) in [6.45, 7) is 4.14. The first-order valence-electron chi connectivity index (χ1n) is 11.9. The molecule has 1 aliphatic heterocycles. The Balaban J connectivity index is 1.35. The summed E-state index contributed by atoms with van der Waals surface area (Å²) in [5, 5.41) is 2.62. The Hall–Kier alpha value is -3.79. The highest BCUT2D eigenvalue weighted by molar-refractivity contribution is 6.04. The molecule has 0 saturated carbocycles. The lowest BCUT2D eigenvalue weighted by molar-refractivity contribution is -0.137. The van der Waals surface area contributed by atoms with E-state index in [2.05, 4.69) is 20.1 Å². The molecular formula is C27H29F3N4O3. The van der Waals surface area contributed by atoms with E-state index in [0.717, 1.165) is 74.2 Å². The molecule has 0 aliphatic carbocycles. The molecule has 0 radical (unpaired) electrons. The molecule has 37 heavy (non-hydrogen) atoms. The summed E-state index contributed by atoms with van der Waals surface area (Å²) in [6.07, 6.45) is -2.04. The van der Waals surface area contributed by atoms with Crippen molar-refractivity contribution in [3.05, 3.63) is 77.5 Å². The zero-order chi connectivity index (χ0) is 26.4. The second-order valence-corrected chi connectivity index (χ2v) is 8.73. The highest BCUT2D eigenvalue weighted by Crippen LogP contribution is 2.30. The number of alkyl halides is 3. The average Bonchev–Trinajstić information content (AvgIpc) is 3.14. The van der Waals surface area contributed by atoms with E-state index in [4.69, 9.17) is 9.47 Å². The summed E-state index contributed by atoms with van der Waals surface area (Å²) in [7, 11) is 3.28. The Labute approximate surface area is 213 Å². The fraction of sp³-hybridized carbons (Fsp3) is 0.333. The molecule has 1 amide bonds. The lowest BCUT2D eigenvalue weighted by Crippen LogP contribution is -2.31. The summed E-state index contributed by atoms with van der Waals surface area (Å²) in [6, 6.07) is 13.7. The van der Waals surface area contributed by atoms with E-state index in [9.17, 15) is 18.0 Å². The van der Waals surface area contributed by atoms with Crippen LogP contribution in [0.1, 0.15) is 27.9 Å². The number of rotatable bonds is 7. The Kier molecular flexibility index (Phi) is 8.17. The number of carbonyl (C=O) groups is 1. The van der Waals surface area contributed by atoms with Gasteiger partial charge in [-0.15, -0.1) is 0 Å². The van der Waals surface area contributed by atoms with Gasteiger partial charge in [-0.3, -0.25) is 9.69 Å². The highest BCUT2D eigenvalue weighted by atomic mass is 19.4. The van der Waals surface area contributed by atoms with Crippen LogP contribution in [0.25, 0.3) is 0 Å². The van der Waals surface area contributed by atoms with Gasteiger partial charge < -0.3 is 19.7 Å². The van der Waals surface area contributed by atoms with Crippen LogP contribution in [0.5, 0.6) is 11.5 Å². The standard InChI is InChI=1S/C27H29F3N4O3/c1-36-23-9-7-20(24(16-23)37-2)18-33-11-4-12-34(14-13-33)25-10-8-22(17-31-25)32-26(35)19-5-3-6-21(15-19)27(28,29)30/h3,5-10,15-17H,4,11-14,18H2,1-2H3,(H,32,35). The van der Waals surface area contributed by atoms with E-state index in [1.54, 1.807) is 20.3 Å². The summed E-state index contributed by atoms with van der Waals surface area (Å²) in [4.78, 5) is 21.5. The van der Waals surface area contributed by atoms with E-state index in [0.29, 0.717) is 5.69 Å². The van der Waals surface area contributed by atoms with Crippen LogP contribution < -0.4 is 19.7 Å². The van der Waals surface area contributed by atoms with Gasteiger partial charge in [-0.1, -0.05) is 12.1 Å². The number of hydrogen-bond acceptors (Lipinski definition) is 6. The van der Waals surface area contributed by atoms with Crippen molar-refractivity contribution in [1.82, 2.24) is 9.88 Å². The minimum atomic E-state index is -4.51. The molecular weight excluding hydrogens is 485 g/mol. The van der Waals surface area contributed by atoms with Crippen molar-refractivity contribution in [3.8, 4) is 11.5 Å². The van der Waals surface area contributed by atoms with E-state index in [-0.39, 0.29) is 5.56 Å². The van der Waals surface area contributed by atoms with Gasteiger partial charge >= 0.3 is 6.18 Å². The van der Waals surface area contributed by atoms with Gasteiger partial charge in [0, 0.05) is 49.9 Å². The molecule has 2 heterocycles. The average molecular weight is 515 g/mol. The van der Waals surface area contributed by atoms with Gasteiger partial charge in [-0.25, -0.2) is 4.98 Å². The predicted molar refractivity (Wildman–Crippen MR) is 135 cm³/mol. The van der Waals surface area contributed by atoms with Crippen molar-refractivity contribution in [2.75, 3.05) is 50.6 Å². The lowest BCUT2D eigenvalue weighted by Gasteiger charge is -2.23. The lowest BCUT2D eigenvalue weighted by atomic mass is 10.1. The molecule has 1 aliphatic rings. The number of halogens is 3. The largest absolute Gasteiger partial charge is 0.497 e. The summed E-state index contributed by atoms with van der Waals surface area (Å²) < 4.78 is 49.6. The Morgan fingerprint density at radius 3 is 2.54 bits per heavy atom. The molecule has 1 N–H and O–H groups in total. The van der Waals surface area contributed by atoms with Crippen molar-refractivity contribution in [1.29, 1.82) is 0 Å². The van der Waals surface area contributed by atoms with Crippen molar-refractivity contribution < 1.29 is 27.4 Å². The number of nitrogens with zero attached hydrogens (tertiary/aromatic N) is 3. The number of pyridine rings is 1. The molecule has 1 fully saturated rings. The van der Waals surface area contributed by atoms with Gasteiger partial charge in [0.2, 0.25) is 0 Å². The number of methoxy groups -OCH3 is 2. The maximum absolute atomic E-state index is 12.9. The first kappa shape index (κ1) is 26.3. The van der Waals surface area contributed by atoms with Crippen LogP contribution in [-0.4, -0.2) is 56.2 Å². The van der Waals surface area contributed by atoms with Gasteiger partial charge in [0.15, 0.2) is 0 Å². The maximum Gasteiger partial charge on any atom is 0.416 e.